The van der Waals surface area contributed by atoms with Crippen molar-refractivity contribution in [2.75, 3.05) is 14.1 Å². The molecule has 0 aliphatic carbocycles. The highest BCUT2D eigenvalue weighted by Crippen LogP contribution is 2.07. The van der Waals surface area contributed by atoms with Crippen molar-refractivity contribution >= 4 is 17.2 Å². The molecule has 0 spiro atoms. The fourth-order valence-electron chi connectivity index (χ4n) is 1.70. The molecule has 0 aliphatic rings. The Morgan fingerprint density at radius 2 is 2.00 bits per heavy atom. The molecule has 100 valence electrons. The van der Waals surface area contributed by atoms with Gasteiger partial charge in [0.25, 0.3) is 5.91 Å². The smallest absolute Gasteiger partial charge is 0.279 e. The van der Waals surface area contributed by atoms with E-state index >= 15 is 0 Å². The van der Waals surface area contributed by atoms with E-state index in [1.165, 1.54) is 16.9 Å². The standard InChI is InChI=1S/C14H17N3OS/c1-16(2)10-11-4-6-12(7-5-11)13(18)15-14-17(3)8-9-19-14/h4-9H,10H2,1-3H3. The van der Waals surface area contributed by atoms with Crippen LogP contribution in [0.15, 0.2) is 40.8 Å². The molecule has 0 saturated heterocycles. The number of aryl methyl sites for hydroxylation is 1. The van der Waals surface area contributed by atoms with Crippen molar-refractivity contribution in [1.29, 1.82) is 0 Å². The van der Waals surface area contributed by atoms with Gasteiger partial charge in [0.2, 0.25) is 0 Å². The zero-order valence-electron chi connectivity index (χ0n) is 11.3. The van der Waals surface area contributed by atoms with Crippen molar-refractivity contribution in [1.82, 2.24) is 9.47 Å². The van der Waals surface area contributed by atoms with Gasteiger partial charge in [-0.15, -0.1) is 11.3 Å². The van der Waals surface area contributed by atoms with E-state index in [9.17, 15) is 4.79 Å². The minimum absolute atomic E-state index is 0.200. The Morgan fingerprint density at radius 3 is 2.53 bits per heavy atom. The Bertz CT molecular complexity index is 623. The normalized spacial score (nSPS) is 12.1. The first kappa shape index (κ1) is 13.7. The van der Waals surface area contributed by atoms with Gasteiger partial charge in [-0.2, -0.15) is 4.99 Å². The highest BCUT2D eigenvalue weighted by Gasteiger charge is 2.04. The summed E-state index contributed by atoms with van der Waals surface area (Å²) in [6, 6.07) is 7.60. The van der Waals surface area contributed by atoms with Gasteiger partial charge in [0.05, 0.1) is 0 Å². The number of carbonyl (C=O) groups is 1. The largest absolute Gasteiger partial charge is 0.327 e. The van der Waals surface area contributed by atoms with Gasteiger partial charge in [-0.25, -0.2) is 0 Å². The van der Waals surface area contributed by atoms with Crippen molar-refractivity contribution in [2.24, 2.45) is 12.0 Å². The van der Waals surface area contributed by atoms with E-state index in [1.807, 2.05) is 61.6 Å². The third-order valence-corrected chi connectivity index (χ3v) is 3.50. The average Bonchev–Trinajstić information content (AvgIpc) is 2.75. The SMILES string of the molecule is CN(C)Cc1ccc(C(=O)N=c2sccn2C)cc1. The summed E-state index contributed by atoms with van der Waals surface area (Å²) in [5.74, 6) is -0.200. The van der Waals surface area contributed by atoms with Crippen LogP contribution in [0.3, 0.4) is 0 Å². The van der Waals surface area contributed by atoms with E-state index in [-0.39, 0.29) is 5.91 Å². The summed E-state index contributed by atoms with van der Waals surface area (Å²) in [6.07, 6.45) is 1.89. The van der Waals surface area contributed by atoms with Crippen molar-refractivity contribution in [3.05, 3.63) is 51.8 Å². The van der Waals surface area contributed by atoms with Crippen LogP contribution in [0.2, 0.25) is 0 Å². The maximum Gasteiger partial charge on any atom is 0.279 e. The number of carbonyl (C=O) groups excluding carboxylic acids is 1. The molecule has 2 rings (SSSR count). The second-order valence-electron chi connectivity index (χ2n) is 4.65. The first-order valence-electron chi connectivity index (χ1n) is 5.99. The Balaban J connectivity index is 2.19. The molecule has 5 heteroatoms. The van der Waals surface area contributed by atoms with E-state index in [0.29, 0.717) is 10.4 Å². The number of aromatic nitrogens is 1. The maximum atomic E-state index is 12.0. The van der Waals surface area contributed by atoms with Crippen LogP contribution in [0.4, 0.5) is 0 Å². The van der Waals surface area contributed by atoms with E-state index in [1.54, 1.807) is 0 Å². The maximum absolute atomic E-state index is 12.0. The van der Waals surface area contributed by atoms with Gasteiger partial charge >= 0.3 is 0 Å². The van der Waals surface area contributed by atoms with Gasteiger partial charge in [0.15, 0.2) is 4.80 Å². The lowest BCUT2D eigenvalue weighted by Gasteiger charge is -2.09. The molecule has 2 aromatic rings. The molecule has 0 aliphatic heterocycles. The number of thiazole rings is 1. The number of rotatable bonds is 3. The molecule has 0 N–H and O–H groups in total. The molecular weight excluding hydrogens is 258 g/mol. The lowest BCUT2D eigenvalue weighted by molar-refractivity contribution is 0.0998. The van der Waals surface area contributed by atoms with Gasteiger partial charge in [0, 0.05) is 30.7 Å². The third-order valence-electron chi connectivity index (χ3n) is 2.66. The summed E-state index contributed by atoms with van der Waals surface area (Å²) in [7, 11) is 5.92. The second kappa shape index (κ2) is 5.95. The van der Waals surface area contributed by atoms with Crippen LogP contribution in [0.5, 0.6) is 0 Å². The highest BCUT2D eigenvalue weighted by atomic mass is 32.1. The Kier molecular flexibility index (Phi) is 4.29. The predicted molar refractivity (Wildman–Crippen MR) is 77.0 cm³/mol. The van der Waals surface area contributed by atoms with Crippen molar-refractivity contribution in [3.8, 4) is 0 Å². The third kappa shape index (κ3) is 3.62. The van der Waals surface area contributed by atoms with Crippen molar-refractivity contribution in [2.45, 2.75) is 6.54 Å². The number of hydrogen-bond donors (Lipinski definition) is 0. The summed E-state index contributed by atoms with van der Waals surface area (Å²) in [5.41, 5.74) is 1.80. The van der Waals surface area contributed by atoms with Crippen molar-refractivity contribution in [3.63, 3.8) is 0 Å². The molecule has 0 saturated carbocycles. The molecule has 0 radical (unpaired) electrons. The van der Waals surface area contributed by atoms with Crippen LogP contribution < -0.4 is 4.80 Å². The molecule has 0 fully saturated rings. The predicted octanol–water partition coefficient (Wildman–Crippen LogP) is 1.89. The summed E-state index contributed by atoms with van der Waals surface area (Å²) in [5, 5.41) is 1.91. The summed E-state index contributed by atoms with van der Waals surface area (Å²) >= 11 is 1.45. The fourth-order valence-corrected chi connectivity index (χ4v) is 2.43. The van der Waals surface area contributed by atoms with Gasteiger partial charge < -0.3 is 9.47 Å². The summed E-state index contributed by atoms with van der Waals surface area (Å²) in [4.78, 5) is 18.9. The summed E-state index contributed by atoms with van der Waals surface area (Å²) < 4.78 is 1.84. The molecule has 0 bridgehead atoms. The van der Waals surface area contributed by atoms with E-state index in [2.05, 4.69) is 9.89 Å². The number of nitrogens with zero attached hydrogens (tertiary/aromatic N) is 3. The van der Waals surface area contributed by atoms with Crippen LogP contribution >= 0.6 is 11.3 Å². The molecule has 1 aromatic carbocycles. The van der Waals surface area contributed by atoms with Gasteiger partial charge in [-0.3, -0.25) is 4.79 Å². The first-order valence-corrected chi connectivity index (χ1v) is 6.87. The molecular formula is C14H17N3OS. The Hall–Kier alpha value is -1.72. The minimum atomic E-state index is -0.200. The highest BCUT2D eigenvalue weighted by molar-refractivity contribution is 7.07. The van der Waals surface area contributed by atoms with Crippen LogP contribution in [-0.4, -0.2) is 29.5 Å². The molecule has 0 unspecified atom stereocenters. The van der Waals surface area contributed by atoms with Gasteiger partial charge in [-0.05, 0) is 31.8 Å². The molecule has 1 amide bonds. The number of hydrogen-bond acceptors (Lipinski definition) is 3. The Labute approximate surface area is 116 Å². The topological polar surface area (TPSA) is 37.6 Å². The lowest BCUT2D eigenvalue weighted by Crippen LogP contribution is -2.13. The van der Waals surface area contributed by atoms with Crippen LogP contribution in [-0.2, 0) is 13.6 Å². The van der Waals surface area contributed by atoms with E-state index in [4.69, 9.17) is 0 Å². The molecule has 1 heterocycles. The fraction of sp³-hybridized carbons (Fsp3) is 0.286. The van der Waals surface area contributed by atoms with E-state index < -0.39 is 0 Å². The molecule has 4 nitrogen and oxygen atoms in total. The first-order chi connectivity index (χ1) is 9.06. The number of amides is 1. The number of benzene rings is 1. The van der Waals surface area contributed by atoms with E-state index in [0.717, 1.165) is 6.54 Å². The van der Waals surface area contributed by atoms with Crippen LogP contribution in [0.25, 0.3) is 0 Å². The lowest BCUT2D eigenvalue weighted by atomic mass is 10.1. The second-order valence-corrected chi connectivity index (χ2v) is 5.52. The zero-order valence-corrected chi connectivity index (χ0v) is 12.1. The molecule has 0 atom stereocenters. The monoisotopic (exact) mass is 275 g/mol. The molecule has 1 aromatic heterocycles. The summed E-state index contributed by atoms with van der Waals surface area (Å²) in [6.45, 7) is 0.867. The van der Waals surface area contributed by atoms with Crippen molar-refractivity contribution < 1.29 is 4.79 Å². The average molecular weight is 275 g/mol. The van der Waals surface area contributed by atoms with Crippen LogP contribution in [0, 0.1) is 0 Å². The van der Waals surface area contributed by atoms with Gasteiger partial charge in [-0.1, -0.05) is 12.1 Å². The van der Waals surface area contributed by atoms with Gasteiger partial charge in [0.1, 0.15) is 0 Å². The molecule has 19 heavy (non-hydrogen) atoms. The zero-order chi connectivity index (χ0) is 13.8. The van der Waals surface area contributed by atoms with Crippen LogP contribution in [0.1, 0.15) is 15.9 Å². The quantitative estimate of drug-likeness (QED) is 0.858. The Morgan fingerprint density at radius 1 is 1.32 bits per heavy atom. The minimum Gasteiger partial charge on any atom is -0.327 e.